The Labute approximate surface area is 117 Å². The lowest BCUT2D eigenvalue weighted by atomic mass is 10.2. The SMILES string of the molecule is CC(C)n1cc(NC(=O)CCCc2cccs2)cn1. The van der Waals surface area contributed by atoms with E-state index in [0.29, 0.717) is 12.5 Å². The number of nitrogens with one attached hydrogen (secondary N) is 1. The molecule has 0 atom stereocenters. The smallest absolute Gasteiger partial charge is 0.224 e. The molecule has 0 radical (unpaired) electrons. The minimum absolute atomic E-state index is 0.0554. The first-order valence-electron chi connectivity index (χ1n) is 6.51. The Morgan fingerprint density at radius 3 is 3.00 bits per heavy atom. The number of rotatable bonds is 6. The Balaban J connectivity index is 1.74. The normalized spacial score (nSPS) is 10.9. The van der Waals surface area contributed by atoms with Gasteiger partial charge in [0.25, 0.3) is 0 Å². The average molecular weight is 277 g/mol. The number of nitrogens with zero attached hydrogens (tertiary/aromatic N) is 2. The monoisotopic (exact) mass is 277 g/mol. The van der Waals surface area contributed by atoms with Gasteiger partial charge in [-0.1, -0.05) is 6.07 Å². The number of aryl methyl sites for hydroxylation is 1. The molecule has 2 aromatic heterocycles. The lowest BCUT2D eigenvalue weighted by Crippen LogP contribution is -2.11. The van der Waals surface area contributed by atoms with E-state index in [0.717, 1.165) is 18.5 Å². The van der Waals surface area contributed by atoms with E-state index in [1.807, 2.05) is 16.9 Å². The molecule has 19 heavy (non-hydrogen) atoms. The third kappa shape index (κ3) is 4.21. The highest BCUT2D eigenvalue weighted by Crippen LogP contribution is 2.13. The fourth-order valence-corrected chi connectivity index (χ4v) is 2.54. The lowest BCUT2D eigenvalue weighted by molar-refractivity contribution is -0.116. The summed E-state index contributed by atoms with van der Waals surface area (Å²) in [6, 6.07) is 4.46. The van der Waals surface area contributed by atoms with Crippen LogP contribution in [0.4, 0.5) is 5.69 Å². The molecule has 0 aromatic carbocycles. The van der Waals surface area contributed by atoms with Crippen molar-refractivity contribution in [3.05, 3.63) is 34.8 Å². The van der Waals surface area contributed by atoms with Gasteiger partial charge in [-0.05, 0) is 38.1 Å². The van der Waals surface area contributed by atoms with Crippen LogP contribution in [-0.4, -0.2) is 15.7 Å². The molecule has 0 bridgehead atoms. The van der Waals surface area contributed by atoms with Gasteiger partial charge in [-0.25, -0.2) is 0 Å². The third-order valence-corrected chi connectivity index (χ3v) is 3.76. The first-order valence-corrected chi connectivity index (χ1v) is 7.39. The topological polar surface area (TPSA) is 46.9 Å². The summed E-state index contributed by atoms with van der Waals surface area (Å²) in [5.74, 6) is 0.0554. The van der Waals surface area contributed by atoms with Crippen LogP contribution >= 0.6 is 11.3 Å². The van der Waals surface area contributed by atoms with E-state index >= 15 is 0 Å². The summed E-state index contributed by atoms with van der Waals surface area (Å²) < 4.78 is 1.83. The number of hydrogen-bond acceptors (Lipinski definition) is 3. The molecular weight excluding hydrogens is 258 g/mol. The van der Waals surface area contributed by atoms with Crippen LogP contribution in [0, 0.1) is 0 Å². The standard InChI is InChI=1S/C14H19N3OS/c1-11(2)17-10-12(9-15-17)16-14(18)7-3-5-13-6-4-8-19-13/h4,6,8-11H,3,5,7H2,1-2H3,(H,16,18). The van der Waals surface area contributed by atoms with E-state index < -0.39 is 0 Å². The van der Waals surface area contributed by atoms with Crippen molar-refractivity contribution >= 4 is 22.9 Å². The summed E-state index contributed by atoms with van der Waals surface area (Å²) >= 11 is 1.74. The predicted molar refractivity (Wildman–Crippen MR) is 78.5 cm³/mol. The first-order chi connectivity index (χ1) is 9.15. The zero-order valence-electron chi connectivity index (χ0n) is 11.3. The molecule has 102 valence electrons. The van der Waals surface area contributed by atoms with Crippen molar-refractivity contribution in [2.45, 2.75) is 39.2 Å². The van der Waals surface area contributed by atoms with Crippen LogP contribution < -0.4 is 5.32 Å². The summed E-state index contributed by atoms with van der Waals surface area (Å²) in [6.07, 6.45) is 5.95. The second-order valence-electron chi connectivity index (χ2n) is 4.78. The predicted octanol–water partition coefficient (Wildman–Crippen LogP) is 3.49. The number of aromatic nitrogens is 2. The number of thiophene rings is 1. The average Bonchev–Trinajstić information content (AvgIpc) is 3.00. The molecule has 4 nitrogen and oxygen atoms in total. The molecule has 0 fully saturated rings. The van der Waals surface area contributed by atoms with Gasteiger partial charge in [0.1, 0.15) is 0 Å². The minimum Gasteiger partial charge on any atom is -0.323 e. The van der Waals surface area contributed by atoms with Crippen molar-refractivity contribution < 1.29 is 4.79 Å². The van der Waals surface area contributed by atoms with Crippen LogP contribution in [0.15, 0.2) is 29.9 Å². The summed E-state index contributed by atoms with van der Waals surface area (Å²) in [6.45, 7) is 4.11. The molecule has 0 saturated carbocycles. The molecule has 2 heterocycles. The van der Waals surface area contributed by atoms with Gasteiger partial charge in [-0.2, -0.15) is 5.10 Å². The number of carbonyl (C=O) groups excluding carboxylic acids is 1. The summed E-state index contributed by atoms with van der Waals surface area (Å²) in [5.41, 5.74) is 0.773. The van der Waals surface area contributed by atoms with E-state index in [4.69, 9.17) is 0 Å². The third-order valence-electron chi connectivity index (χ3n) is 2.82. The number of anilines is 1. The molecule has 2 aromatic rings. The molecule has 0 aliphatic rings. The van der Waals surface area contributed by atoms with Crippen molar-refractivity contribution in [1.82, 2.24) is 9.78 Å². The lowest BCUT2D eigenvalue weighted by Gasteiger charge is -2.04. The molecule has 1 N–H and O–H groups in total. The Morgan fingerprint density at radius 1 is 1.53 bits per heavy atom. The van der Waals surface area contributed by atoms with Gasteiger partial charge in [0.15, 0.2) is 0 Å². The van der Waals surface area contributed by atoms with Gasteiger partial charge in [0, 0.05) is 23.5 Å². The van der Waals surface area contributed by atoms with Crippen molar-refractivity contribution in [2.75, 3.05) is 5.32 Å². The van der Waals surface area contributed by atoms with Crippen LogP contribution in [0.1, 0.15) is 37.6 Å². The van der Waals surface area contributed by atoms with Gasteiger partial charge in [-0.15, -0.1) is 11.3 Å². The summed E-state index contributed by atoms with van der Waals surface area (Å²) in [7, 11) is 0. The van der Waals surface area contributed by atoms with Gasteiger partial charge >= 0.3 is 0 Å². The van der Waals surface area contributed by atoms with Crippen LogP contribution in [0.2, 0.25) is 0 Å². The number of carbonyl (C=O) groups is 1. The zero-order valence-corrected chi connectivity index (χ0v) is 12.1. The molecule has 0 aliphatic heterocycles. The number of hydrogen-bond donors (Lipinski definition) is 1. The Bertz CT molecular complexity index is 517. The van der Waals surface area contributed by atoms with Crippen molar-refractivity contribution in [3.63, 3.8) is 0 Å². The first kappa shape index (κ1) is 13.8. The minimum atomic E-state index is 0.0554. The Morgan fingerprint density at radius 2 is 2.37 bits per heavy atom. The molecule has 0 aliphatic carbocycles. The van der Waals surface area contributed by atoms with E-state index in [1.54, 1.807) is 17.5 Å². The Kier molecular flexibility index (Phi) is 4.74. The van der Waals surface area contributed by atoms with Crippen molar-refractivity contribution in [3.8, 4) is 0 Å². The molecule has 5 heteroatoms. The maximum atomic E-state index is 11.8. The molecule has 1 amide bonds. The van der Waals surface area contributed by atoms with Gasteiger partial charge in [0.2, 0.25) is 5.91 Å². The van der Waals surface area contributed by atoms with Gasteiger partial charge < -0.3 is 5.32 Å². The summed E-state index contributed by atoms with van der Waals surface area (Å²) in [5, 5.41) is 9.14. The maximum Gasteiger partial charge on any atom is 0.224 e. The zero-order chi connectivity index (χ0) is 13.7. The molecule has 2 rings (SSSR count). The Hall–Kier alpha value is -1.62. The molecular formula is C14H19N3OS. The van der Waals surface area contributed by atoms with Crippen molar-refractivity contribution in [1.29, 1.82) is 0 Å². The van der Waals surface area contributed by atoms with Gasteiger partial charge in [0.05, 0.1) is 11.9 Å². The molecule has 0 unspecified atom stereocenters. The fourth-order valence-electron chi connectivity index (χ4n) is 1.79. The highest BCUT2D eigenvalue weighted by Gasteiger charge is 2.06. The van der Waals surface area contributed by atoms with E-state index in [1.165, 1.54) is 4.88 Å². The van der Waals surface area contributed by atoms with E-state index in [-0.39, 0.29) is 5.91 Å². The second-order valence-corrected chi connectivity index (χ2v) is 5.82. The van der Waals surface area contributed by atoms with E-state index in [9.17, 15) is 4.79 Å². The molecule has 0 saturated heterocycles. The number of amides is 1. The van der Waals surface area contributed by atoms with Crippen LogP contribution in [0.5, 0.6) is 0 Å². The fraction of sp³-hybridized carbons (Fsp3) is 0.429. The highest BCUT2D eigenvalue weighted by molar-refractivity contribution is 7.09. The van der Waals surface area contributed by atoms with Gasteiger partial charge in [-0.3, -0.25) is 9.48 Å². The molecule has 0 spiro atoms. The maximum absolute atomic E-state index is 11.8. The second kappa shape index (κ2) is 6.52. The summed E-state index contributed by atoms with van der Waals surface area (Å²) in [4.78, 5) is 13.1. The largest absolute Gasteiger partial charge is 0.323 e. The highest BCUT2D eigenvalue weighted by atomic mass is 32.1. The van der Waals surface area contributed by atoms with Crippen molar-refractivity contribution in [2.24, 2.45) is 0 Å². The van der Waals surface area contributed by atoms with E-state index in [2.05, 4.69) is 35.7 Å². The quantitative estimate of drug-likeness (QED) is 0.878. The van der Waals surface area contributed by atoms with Crippen LogP contribution in [0.25, 0.3) is 0 Å². The van der Waals surface area contributed by atoms with Crippen LogP contribution in [0.3, 0.4) is 0 Å². The van der Waals surface area contributed by atoms with Crippen LogP contribution in [-0.2, 0) is 11.2 Å².